The lowest BCUT2D eigenvalue weighted by atomic mass is 9.79. The van der Waals surface area contributed by atoms with Gasteiger partial charge in [0.05, 0.1) is 6.54 Å². The molecule has 1 aromatic carbocycles. The second-order valence-electron chi connectivity index (χ2n) is 5.79. The summed E-state index contributed by atoms with van der Waals surface area (Å²) < 4.78 is 0. The van der Waals surface area contributed by atoms with Crippen LogP contribution < -0.4 is 5.32 Å². The fraction of sp³-hybridized carbons (Fsp3) is 0.562. The first kappa shape index (κ1) is 14.0. The van der Waals surface area contributed by atoms with Crippen molar-refractivity contribution in [1.82, 2.24) is 10.2 Å². The third kappa shape index (κ3) is 2.47. The zero-order valence-corrected chi connectivity index (χ0v) is 13.0. The van der Waals surface area contributed by atoms with Crippen LogP contribution >= 0.6 is 11.8 Å². The number of amides is 1. The smallest absolute Gasteiger partial charge is 0.238 e. The molecule has 108 valence electrons. The van der Waals surface area contributed by atoms with E-state index in [4.69, 9.17) is 0 Å². The Labute approximate surface area is 125 Å². The highest BCUT2D eigenvalue weighted by molar-refractivity contribution is 7.98. The van der Waals surface area contributed by atoms with Gasteiger partial charge in [-0.05, 0) is 49.6 Å². The van der Waals surface area contributed by atoms with Gasteiger partial charge in [-0.2, -0.15) is 0 Å². The first-order valence-electron chi connectivity index (χ1n) is 7.39. The third-order valence-electron chi connectivity index (χ3n) is 4.72. The van der Waals surface area contributed by atoms with Crippen molar-refractivity contribution in [2.24, 2.45) is 5.92 Å². The Morgan fingerprint density at radius 2 is 2.00 bits per heavy atom. The molecule has 1 heterocycles. The summed E-state index contributed by atoms with van der Waals surface area (Å²) in [5, 5.41) is 3.36. The van der Waals surface area contributed by atoms with Gasteiger partial charge in [-0.15, -0.1) is 11.8 Å². The average molecular weight is 290 g/mol. The largest absolute Gasteiger partial charge is 0.319 e. The maximum Gasteiger partial charge on any atom is 0.238 e. The van der Waals surface area contributed by atoms with Crippen molar-refractivity contribution in [3.05, 3.63) is 29.8 Å². The Hall–Kier alpha value is -1.00. The number of nitrogens with one attached hydrogen (secondary N) is 1. The van der Waals surface area contributed by atoms with Crippen LogP contribution in [0.4, 0.5) is 0 Å². The zero-order chi connectivity index (χ0) is 14.1. The predicted octanol–water partition coefficient (Wildman–Crippen LogP) is 3.03. The summed E-state index contributed by atoms with van der Waals surface area (Å²) in [4.78, 5) is 15.6. The summed E-state index contributed by atoms with van der Waals surface area (Å²) in [6, 6.07) is 8.90. The van der Waals surface area contributed by atoms with E-state index in [-0.39, 0.29) is 12.1 Å². The maximum absolute atomic E-state index is 12.2. The fourth-order valence-corrected chi connectivity index (χ4v) is 3.60. The van der Waals surface area contributed by atoms with Gasteiger partial charge in [0.1, 0.15) is 6.17 Å². The molecule has 0 bridgehead atoms. The van der Waals surface area contributed by atoms with E-state index in [1.54, 1.807) is 11.8 Å². The van der Waals surface area contributed by atoms with Crippen LogP contribution in [0.3, 0.4) is 0 Å². The van der Waals surface area contributed by atoms with E-state index < -0.39 is 0 Å². The van der Waals surface area contributed by atoms with Crippen LogP contribution in [0.15, 0.2) is 29.2 Å². The second-order valence-corrected chi connectivity index (χ2v) is 6.67. The van der Waals surface area contributed by atoms with Gasteiger partial charge < -0.3 is 4.90 Å². The van der Waals surface area contributed by atoms with E-state index >= 15 is 0 Å². The van der Waals surface area contributed by atoms with Gasteiger partial charge in [0, 0.05) is 10.9 Å². The van der Waals surface area contributed by atoms with Crippen LogP contribution in [0.2, 0.25) is 0 Å². The highest BCUT2D eigenvalue weighted by Gasteiger charge is 2.39. The molecule has 1 amide bonds. The topological polar surface area (TPSA) is 32.3 Å². The molecule has 1 N–H and O–H groups in total. The quantitative estimate of drug-likeness (QED) is 0.865. The van der Waals surface area contributed by atoms with Crippen molar-refractivity contribution in [2.75, 3.05) is 12.8 Å². The number of benzene rings is 1. The van der Waals surface area contributed by atoms with E-state index in [0.29, 0.717) is 18.5 Å². The lowest BCUT2D eigenvalue weighted by Gasteiger charge is -2.39. The lowest BCUT2D eigenvalue weighted by Crippen LogP contribution is -2.44. The van der Waals surface area contributed by atoms with Gasteiger partial charge in [-0.25, -0.2) is 0 Å². The Kier molecular flexibility index (Phi) is 4.03. The molecule has 0 spiro atoms. The Morgan fingerprint density at radius 3 is 2.55 bits per heavy atom. The molecule has 1 aromatic rings. The molecule has 3 nitrogen and oxygen atoms in total. The number of nitrogens with zero attached hydrogens (tertiary/aromatic N) is 1. The number of rotatable bonds is 4. The molecule has 2 fully saturated rings. The van der Waals surface area contributed by atoms with Crippen LogP contribution in [-0.2, 0) is 4.79 Å². The Bertz CT molecular complexity index is 484. The van der Waals surface area contributed by atoms with Crippen LogP contribution in [0.1, 0.15) is 37.9 Å². The maximum atomic E-state index is 12.2. The number of thioether (sulfide) groups is 1. The first-order chi connectivity index (χ1) is 9.70. The molecule has 2 aliphatic rings. The normalized spacial score (nSPS) is 24.8. The molecule has 1 aliphatic carbocycles. The van der Waals surface area contributed by atoms with Crippen LogP contribution in [0.5, 0.6) is 0 Å². The molecular weight excluding hydrogens is 268 g/mol. The highest BCUT2D eigenvalue weighted by Crippen LogP contribution is 2.36. The minimum Gasteiger partial charge on any atom is -0.319 e. The van der Waals surface area contributed by atoms with E-state index in [1.807, 2.05) is 0 Å². The molecule has 1 saturated carbocycles. The summed E-state index contributed by atoms with van der Waals surface area (Å²) in [5.74, 6) is 0.926. The summed E-state index contributed by atoms with van der Waals surface area (Å²) in [5.41, 5.74) is 1.19. The molecule has 0 radical (unpaired) electrons. The Morgan fingerprint density at radius 1 is 1.30 bits per heavy atom. The fourth-order valence-electron chi connectivity index (χ4n) is 3.19. The van der Waals surface area contributed by atoms with Crippen molar-refractivity contribution in [1.29, 1.82) is 0 Å². The van der Waals surface area contributed by atoms with Crippen molar-refractivity contribution < 1.29 is 4.79 Å². The standard InChI is InChI=1S/C16H22N2OS/c1-11(12-4-3-5-12)18-15(19)10-17-16(18)13-6-8-14(20-2)9-7-13/h6-9,11-12,16-17H,3-5,10H2,1-2H3. The molecule has 1 aliphatic heterocycles. The minimum atomic E-state index is 0.0500. The molecular formula is C16H22N2OS. The molecule has 2 unspecified atom stereocenters. The van der Waals surface area contributed by atoms with Crippen molar-refractivity contribution in [3.8, 4) is 0 Å². The van der Waals surface area contributed by atoms with Crippen molar-refractivity contribution in [2.45, 2.75) is 43.3 Å². The summed E-state index contributed by atoms with van der Waals surface area (Å²) >= 11 is 1.74. The molecule has 3 rings (SSSR count). The Balaban J connectivity index is 1.80. The number of carbonyl (C=O) groups excluding carboxylic acids is 1. The van der Waals surface area contributed by atoms with E-state index in [0.717, 1.165) is 0 Å². The van der Waals surface area contributed by atoms with E-state index in [1.165, 1.54) is 29.7 Å². The molecule has 4 heteroatoms. The number of hydrogen-bond donors (Lipinski definition) is 1. The average Bonchev–Trinajstić information content (AvgIpc) is 2.78. The minimum absolute atomic E-state index is 0.0500. The zero-order valence-electron chi connectivity index (χ0n) is 12.1. The molecule has 0 aromatic heterocycles. The molecule has 2 atom stereocenters. The van der Waals surface area contributed by atoms with Gasteiger partial charge in [-0.3, -0.25) is 10.1 Å². The SMILES string of the molecule is CSc1ccc(C2NCC(=O)N2C(C)C2CCC2)cc1. The van der Waals surface area contributed by atoms with Gasteiger partial charge in [0.25, 0.3) is 0 Å². The monoisotopic (exact) mass is 290 g/mol. The van der Waals surface area contributed by atoms with Crippen LogP contribution in [0.25, 0.3) is 0 Å². The van der Waals surface area contributed by atoms with Crippen molar-refractivity contribution in [3.63, 3.8) is 0 Å². The predicted molar refractivity (Wildman–Crippen MR) is 82.6 cm³/mol. The van der Waals surface area contributed by atoms with Gasteiger partial charge >= 0.3 is 0 Å². The summed E-state index contributed by atoms with van der Waals surface area (Å²) in [6.07, 6.45) is 5.98. The van der Waals surface area contributed by atoms with Gasteiger partial charge in [0.2, 0.25) is 5.91 Å². The van der Waals surface area contributed by atoms with Crippen LogP contribution in [0, 0.1) is 5.92 Å². The first-order valence-corrected chi connectivity index (χ1v) is 8.61. The second kappa shape index (κ2) is 5.78. The summed E-state index contributed by atoms with van der Waals surface area (Å²) in [6.45, 7) is 2.67. The molecule has 20 heavy (non-hydrogen) atoms. The van der Waals surface area contributed by atoms with Gasteiger partial charge in [0.15, 0.2) is 0 Å². The number of hydrogen-bond acceptors (Lipinski definition) is 3. The molecule has 1 saturated heterocycles. The summed E-state index contributed by atoms with van der Waals surface area (Å²) in [7, 11) is 0. The lowest BCUT2D eigenvalue weighted by molar-refractivity contribution is -0.131. The highest BCUT2D eigenvalue weighted by atomic mass is 32.2. The van der Waals surface area contributed by atoms with E-state index in [9.17, 15) is 4.79 Å². The third-order valence-corrected chi connectivity index (χ3v) is 5.46. The van der Waals surface area contributed by atoms with Crippen molar-refractivity contribution >= 4 is 17.7 Å². The van der Waals surface area contributed by atoms with E-state index in [2.05, 4.69) is 47.7 Å². The van der Waals surface area contributed by atoms with Gasteiger partial charge in [-0.1, -0.05) is 18.6 Å². The van der Waals surface area contributed by atoms with Crippen LogP contribution in [-0.4, -0.2) is 29.6 Å². The number of carbonyl (C=O) groups is 1.